The SMILES string of the molecule is O=C1OC(C(=O)NCCc2nnc3n2CCCCC3)Cc2ccccc21. The van der Waals surface area contributed by atoms with Crippen molar-refractivity contribution in [1.29, 1.82) is 0 Å². The number of benzene rings is 1. The van der Waals surface area contributed by atoms with E-state index in [2.05, 4.69) is 20.1 Å². The average Bonchev–Trinajstić information content (AvgIpc) is 2.88. The minimum Gasteiger partial charge on any atom is -0.448 e. The first kappa shape index (κ1) is 16.8. The van der Waals surface area contributed by atoms with Gasteiger partial charge in [0.05, 0.1) is 5.56 Å². The number of ether oxygens (including phenoxy) is 1. The summed E-state index contributed by atoms with van der Waals surface area (Å²) in [7, 11) is 0. The number of esters is 1. The summed E-state index contributed by atoms with van der Waals surface area (Å²) in [6.07, 6.45) is 4.74. The van der Waals surface area contributed by atoms with E-state index in [0.29, 0.717) is 24.9 Å². The first-order valence-corrected chi connectivity index (χ1v) is 9.20. The van der Waals surface area contributed by atoms with Crippen molar-refractivity contribution in [3.8, 4) is 0 Å². The molecule has 1 aromatic carbocycles. The lowest BCUT2D eigenvalue weighted by Crippen LogP contribution is -2.42. The molecule has 26 heavy (non-hydrogen) atoms. The average molecular weight is 354 g/mol. The Morgan fingerprint density at radius 3 is 3.04 bits per heavy atom. The number of hydrogen-bond donors (Lipinski definition) is 1. The number of cyclic esters (lactones) is 1. The third kappa shape index (κ3) is 3.34. The number of rotatable bonds is 4. The van der Waals surface area contributed by atoms with Crippen LogP contribution in [0.1, 0.15) is 46.8 Å². The first-order valence-electron chi connectivity index (χ1n) is 9.20. The molecule has 0 spiro atoms. The van der Waals surface area contributed by atoms with Gasteiger partial charge in [0.2, 0.25) is 0 Å². The minimum atomic E-state index is -0.770. The summed E-state index contributed by atoms with van der Waals surface area (Å²) in [4.78, 5) is 24.4. The van der Waals surface area contributed by atoms with Crippen molar-refractivity contribution in [3.05, 3.63) is 47.0 Å². The molecule has 1 aromatic heterocycles. The van der Waals surface area contributed by atoms with E-state index in [0.717, 1.165) is 43.0 Å². The van der Waals surface area contributed by atoms with E-state index in [4.69, 9.17) is 4.74 Å². The highest BCUT2D eigenvalue weighted by atomic mass is 16.5. The lowest BCUT2D eigenvalue weighted by molar-refractivity contribution is -0.130. The first-order chi connectivity index (χ1) is 12.7. The van der Waals surface area contributed by atoms with Crippen LogP contribution in [-0.2, 0) is 35.3 Å². The third-order valence-corrected chi connectivity index (χ3v) is 5.02. The van der Waals surface area contributed by atoms with Crippen LogP contribution in [-0.4, -0.2) is 39.3 Å². The number of nitrogens with zero attached hydrogens (tertiary/aromatic N) is 3. The molecule has 3 heterocycles. The third-order valence-electron chi connectivity index (χ3n) is 5.02. The van der Waals surface area contributed by atoms with Crippen LogP contribution in [0.4, 0.5) is 0 Å². The molecule has 2 aliphatic heterocycles. The summed E-state index contributed by atoms with van der Waals surface area (Å²) in [5.41, 5.74) is 1.40. The molecular formula is C19H22N4O3. The van der Waals surface area contributed by atoms with E-state index < -0.39 is 12.1 Å². The van der Waals surface area contributed by atoms with E-state index >= 15 is 0 Å². The molecule has 0 saturated carbocycles. The molecule has 1 unspecified atom stereocenters. The van der Waals surface area contributed by atoms with Gasteiger partial charge in [-0.05, 0) is 24.5 Å². The zero-order valence-corrected chi connectivity index (χ0v) is 14.6. The second-order valence-electron chi connectivity index (χ2n) is 6.79. The van der Waals surface area contributed by atoms with Crippen molar-refractivity contribution < 1.29 is 14.3 Å². The van der Waals surface area contributed by atoms with Gasteiger partial charge in [-0.15, -0.1) is 10.2 Å². The van der Waals surface area contributed by atoms with E-state index in [9.17, 15) is 9.59 Å². The van der Waals surface area contributed by atoms with Gasteiger partial charge < -0.3 is 14.6 Å². The van der Waals surface area contributed by atoms with Crippen LogP contribution in [0.3, 0.4) is 0 Å². The summed E-state index contributed by atoms with van der Waals surface area (Å²) < 4.78 is 7.46. The highest BCUT2D eigenvalue weighted by molar-refractivity contribution is 5.95. The maximum absolute atomic E-state index is 12.4. The number of aryl methyl sites for hydroxylation is 1. The molecule has 136 valence electrons. The quantitative estimate of drug-likeness (QED) is 0.840. The Morgan fingerprint density at radius 1 is 1.23 bits per heavy atom. The number of carbonyl (C=O) groups is 2. The predicted molar refractivity (Wildman–Crippen MR) is 93.6 cm³/mol. The molecule has 1 N–H and O–H groups in total. The van der Waals surface area contributed by atoms with Gasteiger partial charge in [-0.3, -0.25) is 4.79 Å². The molecule has 4 rings (SSSR count). The van der Waals surface area contributed by atoms with Crippen LogP contribution in [0.5, 0.6) is 0 Å². The van der Waals surface area contributed by atoms with Crippen molar-refractivity contribution in [1.82, 2.24) is 20.1 Å². The lowest BCUT2D eigenvalue weighted by Gasteiger charge is -2.23. The molecule has 0 bridgehead atoms. The maximum atomic E-state index is 12.4. The number of aromatic nitrogens is 3. The molecule has 1 atom stereocenters. The van der Waals surface area contributed by atoms with Crippen LogP contribution < -0.4 is 5.32 Å². The Labute approximate surface area is 151 Å². The number of nitrogens with one attached hydrogen (secondary N) is 1. The Balaban J connectivity index is 1.34. The second-order valence-corrected chi connectivity index (χ2v) is 6.79. The molecule has 0 fully saturated rings. The van der Waals surface area contributed by atoms with E-state index in [1.165, 1.54) is 6.42 Å². The van der Waals surface area contributed by atoms with Crippen molar-refractivity contribution >= 4 is 11.9 Å². The molecule has 1 amide bonds. The van der Waals surface area contributed by atoms with E-state index in [-0.39, 0.29) is 5.91 Å². The monoisotopic (exact) mass is 354 g/mol. The number of amides is 1. The summed E-state index contributed by atoms with van der Waals surface area (Å²) in [5.74, 6) is 1.26. The number of hydrogen-bond acceptors (Lipinski definition) is 5. The van der Waals surface area contributed by atoms with Gasteiger partial charge >= 0.3 is 5.97 Å². The lowest BCUT2D eigenvalue weighted by atomic mass is 9.98. The fraction of sp³-hybridized carbons (Fsp3) is 0.474. The van der Waals surface area contributed by atoms with Crippen molar-refractivity contribution in [2.24, 2.45) is 0 Å². The van der Waals surface area contributed by atoms with E-state index in [1.807, 2.05) is 12.1 Å². The molecule has 0 saturated heterocycles. The summed E-state index contributed by atoms with van der Waals surface area (Å²) in [6, 6.07) is 7.25. The fourth-order valence-electron chi connectivity index (χ4n) is 3.62. The zero-order valence-electron chi connectivity index (χ0n) is 14.6. The Hall–Kier alpha value is -2.70. The van der Waals surface area contributed by atoms with Gasteiger partial charge in [0, 0.05) is 32.4 Å². The van der Waals surface area contributed by atoms with Gasteiger partial charge in [0.15, 0.2) is 6.10 Å². The van der Waals surface area contributed by atoms with Crippen molar-refractivity contribution in [3.63, 3.8) is 0 Å². The molecule has 2 aliphatic rings. The molecule has 7 heteroatoms. The normalized spacial score (nSPS) is 19.1. The number of carbonyl (C=O) groups excluding carboxylic acids is 2. The standard InChI is InChI=1S/C19H22N4O3/c24-18(15-12-13-6-3-4-7-14(13)19(25)26-15)20-10-9-17-22-21-16-8-2-1-5-11-23(16)17/h3-4,6-7,15H,1-2,5,8-12H2,(H,20,24). The van der Waals surface area contributed by atoms with Gasteiger partial charge in [-0.25, -0.2) is 4.79 Å². The molecule has 2 aromatic rings. The van der Waals surface area contributed by atoms with Gasteiger partial charge in [-0.2, -0.15) is 0 Å². The van der Waals surface area contributed by atoms with Crippen LogP contribution in [0.2, 0.25) is 0 Å². The van der Waals surface area contributed by atoms with Crippen molar-refractivity contribution in [2.45, 2.75) is 51.2 Å². The highest BCUT2D eigenvalue weighted by Gasteiger charge is 2.30. The second kappa shape index (κ2) is 7.27. The molecular weight excluding hydrogens is 332 g/mol. The summed E-state index contributed by atoms with van der Waals surface area (Å²) >= 11 is 0. The predicted octanol–water partition coefficient (Wildman–Crippen LogP) is 1.44. The summed E-state index contributed by atoms with van der Waals surface area (Å²) in [6.45, 7) is 1.40. The zero-order chi connectivity index (χ0) is 17.9. The number of fused-ring (bicyclic) bond motifs is 2. The van der Waals surface area contributed by atoms with Gasteiger partial charge in [0.25, 0.3) is 5.91 Å². The van der Waals surface area contributed by atoms with E-state index in [1.54, 1.807) is 12.1 Å². The van der Waals surface area contributed by atoms with Crippen LogP contribution in [0.25, 0.3) is 0 Å². The molecule has 7 nitrogen and oxygen atoms in total. The Bertz CT molecular complexity index is 830. The topological polar surface area (TPSA) is 86.1 Å². The smallest absolute Gasteiger partial charge is 0.339 e. The fourth-order valence-corrected chi connectivity index (χ4v) is 3.62. The largest absolute Gasteiger partial charge is 0.448 e. The highest BCUT2D eigenvalue weighted by Crippen LogP contribution is 2.20. The Morgan fingerprint density at radius 2 is 2.12 bits per heavy atom. The summed E-state index contributed by atoms with van der Waals surface area (Å²) in [5, 5.41) is 11.4. The maximum Gasteiger partial charge on any atom is 0.339 e. The van der Waals surface area contributed by atoms with Crippen LogP contribution >= 0.6 is 0 Å². The van der Waals surface area contributed by atoms with Gasteiger partial charge in [-0.1, -0.05) is 24.6 Å². The van der Waals surface area contributed by atoms with Crippen molar-refractivity contribution in [2.75, 3.05) is 6.54 Å². The molecule has 0 radical (unpaired) electrons. The molecule has 0 aliphatic carbocycles. The minimum absolute atomic E-state index is 0.261. The Kier molecular flexibility index (Phi) is 4.69. The van der Waals surface area contributed by atoms with Gasteiger partial charge in [0.1, 0.15) is 11.6 Å². The van der Waals surface area contributed by atoms with Crippen LogP contribution in [0.15, 0.2) is 24.3 Å². The van der Waals surface area contributed by atoms with Crippen LogP contribution in [0, 0.1) is 0 Å².